The van der Waals surface area contributed by atoms with Gasteiger partial charge in [0.2, 0.25) is 0 Å². The summed E-state index contributed by atoms with van der Waals surface area (Å²) in [6.07, 6.45) is 1.16. The lowest BCUT2D eigenvalue weighted by Gasteiger charge is -2.21. The molecule has 1 atom stereocenters. The maximum absolute atomic E-state index is 13.0. The lowest BCUT2D eigenvalue weighted by molar-refractivity contribution is -0.123. The van der Waals surface area contributed by atoms with Crippen molar-refractivity contribution < 1.29 is 19.1 Å². The van der Waals surface area contributed by atoms with Crippen LogP contribution in [-0.2, 0) is 9.53 Å². The van der Waals surface area contributed by atoms with Crippen LogP contribution in [0.3, 0.4) is 0 Å². The highest BCUT2D eigenvalue weighted by molar-refractivity contribution is 5.96. The Morgan fingerprint density at radius 3 is 2.69 bits per heavy atom. The molecule has 2 heterocycles. The van der Waals surface area contributed by atoms with Crippen molar-refractivity contribution in [3.63, 3.8) is 0 Å². The van der Waals surface area contributed by atoms with Crippen LogP contribution in [0.5, 0.6) is 5.75 Å². The molecular formula is C24H26N4O4. The number of nitrogens with one attached hydrogen (secondary N) is 1. The number of nitrogen functional groups attached to an aromatic ring is 1. The number of hydrogen-bond acceptors (Lipinski definition) is 6. The van der Waals surface area contributed by atoms with Crippen molar-refractivity contribution >= 4 is 40.0 Å². The van der Waals surface area contributed by atoms with Gasteiger partial charge in [-0.2, -0.15) is 0 Å². The number of hydrogen-bond donors (Lipinski definition) is 2. The van der Waals surface area contributed by atoms with Gasteiger partial charge in [-0.05, 0) is 60.2 Å². The second-order valence-electron chi connectivity index (χ2n) is 8.12. The maximum Gasteiger partial charge on any atom is 0.414 e. The van der Waals surface area contributed by atoms with Crippen LogP contribution in [0.2, 0.25) is 0 Å². The summed E-state index contributed by atoms with van der Waals surface area (Å²) in [4.78, 5) is 30.4. The van der Waals surface area contributed by atoms with Crippen LogP contribution in [0.25, 0.3) is 10.8 Å². The molecule has 32 heavy (non-hydrogen) atoms. The van der Waals surface area contributed by atoms with Crippen molar-refractivity contribution in [3.05, 3.63) is 54.7 Å². The number of nitrogens with zero attached hydrogens (tertiary/aromatic N) is 2. The summed E-state index contributed by atoms with van der Waals surface area (Å²) in [5.74, 6) is 0.980. The summed E-state index contributed by atoms with van der Waals surface area (Å²) < 4.78 is 11.0. The fraction of sp³-hybridized carbons (Fsp3) is 0.292. The molecule has 3 aromatic rings. The van der Waals surface area contributed by atoms with Gasteiger partial charge in [0.25, 0.3) is 5.91 Å². The number of amides is 2. The third-order valence-corrected chi connectivity index (χ3v) is 5.23. The van der Waals surface area contributed by atoms with Gasteiger partial charge in [-0.1, -0.05) is 19.9 Å². The molecule has 0 saturated carbocycles. The number of ether oxygens (including phenoxy) is 2. The molecule has 8 heteroatoms. The molecular weight excluding hydrogens is 408 g/mol. The van der Waals surface area contributed by atoms with E-state index in [1.807, 2.05) is 38.1 Å². The van der Waals surface area contributed by atoms with Crippen molar-refractivity contribution in [2.75, 3.05) is 29.1 Å². The Morgan fingerprint density at radius 2 is 2.00 bits per heavy atom. The summed E-state index contributed by atoms with van der Waals surface area (Å²) in [5.41, 5.74) is 7.33. The van der Waals surface area contributed by atoms with Gasteiger partial charge in [0.1, 0.15) is 18.2 Å². The van der Waals surface area contributed by atoms with Crippen LogP contribution < -0.4 is 20.7 Å². The first kappa shape index (κ1) is 21.4. The molecule has 1 fully saturated rings. The molecule has 1 aromatic heterocycles. The Labute approximate surface area is 186 Å². The van der Waals surface area contributed by atoms with E-state index in [-0.39, 0.29) is 17.9 Å². The van der Waals surface area contributed by atoms with Gasteiger partial charge in [-0.3, -0.25) is 9.69 Å². The predicted octanol–water partition coefficient (Wildman–Crippen LogP) is 4.21. The zero-order valence-electron chi connectivity index (χ0n) is 18.1. The second kappa shape index (κ2) is 9.13. The van der Waals surface area contributed by atoms with E-state index in [0.29, 0.717) is 36.8 Å². The molecule has 2 amide bonds. The normalized spacial score (nSPS) is 14.5. The highest BCUT2D eigenvalue weighted by Crippen LogP contribution is 2.26. The number of anilines is 3. The maximum atomic E-state index is 13.0. The summed E-state index contributed by atoms with van der Waals surface area (Å²) in [5, 5.41) is 4.65. The molecule has 4 rings (SSSR count). The van der Waals surface area contributed by atoms with Crippen LogP contribution in [0.1, 0.15) is 20.3 Å². The van der Waals surface area contributed by atoms with Gasteiger partial charge >= 0.3 is 6.09 Å². The SMILES string of the molecule is CC(C)CC(Oc1ccc2ccnc(N)c2c1)C(=O)Nc1ccc(N2CCOC2=O)cc1. The van der Waals surface area contributed by atoms with Crippen molar-refractivity contribution in [1.82, 2.24) is 4.98 Å². The number of fused-ring (bicyclic) bond motifs is 1. The average molecular weight is 434 g/mol. The molecule has 2 aromatic carbocycles. The van der Waals surface area contributed by atoms with E-state index < -0.39 is 6.10 Å². The molecule has 0 aliphatic carbocycles. The molecule has 1 saturated heterocycles. The Bertz CT molecular complexity index is 1130. The molecule has 166 valence electrons. The van der Waals surface area contributed by atoms with Gasteiger partial charge in [-0.25, -0.2) is 9.78 Å². The van der Waals surface area contributed by atoms with Gasteiger partial charge < -0.3 is 20.5 Å². The fourth-order valence-corrected chi connectivity index (χ4v) is 3.62. The van der Waals surface area contributed by atoms with Crippen molar-refractivity contribution in [2.45, 2.75) is 26.4 Å². The Kier molecular flexibility index (Phi) is 6.11. The molecule has 1 unspecified atom stereocenters. The number of carbonyl (C=O) groups is 2. The predicted molar refractivity (Wildman–Crippen MR) is 124 cm³/mol. The minimum absolute atomic E-state index is 0.244. The zero-order chi connectivity index (χ0) is 22.7. The minimum Gasteiger partial charge on any atom is -0.481 e. The third-order valence-electron chi connectivity index (χ3n) is 5.23. The number of pyridine rings is 1. The lowest BCUT2D eigenvalue weighted by atomic mass is 10.0. The minimum atomic E-state index is -0.682. The standard InChI is InChI=1S/C24H26N4O4/c1-15(2)13-21(32-19-8-3-16-9-10-26-22(25)20(16)14-19)23(29)27-17-4-6-18(7-5-17)28-11-12-31-24(28)30/h3-10,14-15,21H,11-13H2,1-2H3,(H2,25,26)(H,27,29). The van der Waals surface area contributed by atoms with Crippen LogP contribution in [-0.4, -0.2) is 36.2 Å². The highest BCUT2D eigenvalue weighted by Gasteiger charge is 2.25. The zero-order valence-corrected chi connectivity index (χ0v) is 18.1. The van der Waals surface area contributed by atoms with Gasteiger partial charge in [0.15, 0.2) is 6.10 Å². The van der Waals surface area contributed by atoms with E-state index in [2.05, 4.69) is 10.3 Å². The topological polar surface area (TPSA) is 107 Å². The number of benzene rings is 2. The summed E-state index contributed by atoms with van der Waals surface area (Å²) >= 11 is 0. The number of nitrogens with two attached hydrogens (primary N) is 1. The fourth-order valence-electron chi connectivity index (χ4n) is 3.62. The van der Waals surface area contributed by atoms with Crippen LogP contribution in [0, 0.1) is 5.92 Å². The lowest BCUT2D eigenvalue weighted by Crippen LogP contribution is -2.34. The van der Waals surface area contributed by atoms with Crippen molar-refractivity contribution in [1.29, 1.82) is 0 Å². The van der Waals surface area contributed by atoms with Gasteiger partial charge in [0.05, 0.1) is 6.54 Å². The first-order chi connectivity index (χ1) is 15.4. The van der Waals surface area contributed by atoms with E-state index in [4.69, 9.17) is 15.2 Å². The van der Waals surface area contributed by atoms with Gasteiger partial charge in [-0.15, -0.1) is 0 Å². The van der Waals surface area contributed by atoms with Crippen LogP contribution in [0.15, 0.2) is 54.7 Å². The first-order valence-corrected chi connectivity index (χ1v) is 10.6. The van der Waals surface area contributed by atoms with E-state index >= 15 is 0 Å². The monoisotopic (exact) mass is 434 g/mol. The number of cyclic esters (lactones) is 1. The number of aromatic nitrogens is 1. The molecule has 0 spiro atoms. The molecule has 3 N–H and O–H groups in total. The smallest absolute Gasteiger partial charge is 0.414 e. The van der Waals surface area contributed by atoms with E-state index in [1.54, 1.807) is 35.4 Å². The number of carbonyl (C=O) groups excluding carboxylic acids is 2. The molecule has 8 nitrogen and oxygen atoms in total. The molecule has 1 aliphatic heterocycles. The van der Waals surface area contributed by atoms with Crippen LogP contribution in [0.4, 0.5) is 22.0 Å². The Balaban J connectivity index is 1.48. The largest absolute Gasteiger partial charge is 0.481 e. The number of rotatable bonds is 7. The average Bonchev–Trinajstić information content (AvgIpc) is 3.20. The quantitative estimate of drug-likeness (QED) is 0.577. The molecule has 0 radical (unpaired) electrons. The van der Waals surface area contributed by atoms with E-state index in [0.717, 1.165) is 16.5 Å². The molecule has 1 aliphatic rings. The first-order valence-electron chi connectivity index (χ1n) is 10.6. The molecule has 0 bridgehead atoms. The third kappa shape index (κ3) is 4.74. The van der Waals surface area contributed by atoms with Crippen LogP contribution >= 0.6 is 0 Å². The highest BCUT2D eigenvalue weighted by atomic mass is 16.6. The Hall–Kier alpha value is -3.81. The summed E-state index contributed by atoms with van der Waals surface area (Å²) in [7, 11) is 0. The summed E-state index contributed by atoms with van der Waals surface area (Å²) in [6.45, 7) is 4.97. The van der Waals surface area contributed by atoms with E-state index in [1.165, 1.54) is 0 Å². The van der Waals surface area contributed by atoms with Gasteiger partial charge in [0, 0.05) is 23.0 Å². The second-order valence-corrected chi connectivity index (χ2v) is 8.12. The van der Waals surface area contributed by atoms with Crippen molar-refractivity contribution in [2.24, 2.45) is 5.92 Å². The van der Waals surface area contributed by atoms with E-state index in [9.17, 15) is 9.59 Å². The summed E-state index contributed by atoms with van der Waals surface area (Å²) in [6, 6.07) is 14.5. The van der Waals surface area contributed by atoms with Crippen molar-refractivity contribution in [3.8, 4) is 5.75 Å². The Morgan fingerprint density at radius 1 is 1.22 bits per heavy atom.